The third-order valence-corrected chi connectivity index (χ3v) is 7.07. The quantitative estimate of drug-likeness (QED) is 0.198. The highest BCUT2D eigenvalue weighted by Gasteiger charge is 2.09. The van der Waals surface area contributed by atoms with Crippen LogP contribution in [0.15, 0.2) is 91.0 Å². The molecule has 32 heavy (non-hydrogen) atoms. The van der Waals surface area contributed by atoms with E-state index in [1.807, 2.05) is 0 Å². The van der Waals surface area contributed by atoms with Crippen molar-refractivity contribution in [1.29, 1.82) is 0 Å². The Labute approximate surface area is 189 Å². The third-order valence-electron chi connectivity index (χ3n) is 7.07. The second kappa shape index (κ2) is 7.21. The summed E-state index contributed by atoms with van der Waals surface area (Å²) in [5.74, 6) is 0. The number of benzene rings is 6. The van der Waals surface area contributed by atoms with E-state index in [4.69, 9.17) is 0 Å². The lowest BCUT2D eigenvalue weighted by Gasteiger charge is -2.13. The fourth-order valence-corrected chi connectivity index (χ4v) is 5.21. The van der Waals surface area contributed by atoms with Gasteiger partial charge in [-0.1, -0.05) is 84.4 Å². The Morgan fingerprint density at radius 1 is 0.500 bits per heavy atom. The van der Waals surface area contributed by atoms with E-state index in [2.05, 4.69) is 112 Å². The normalized spacial score (nSPS) is 11.7. The number of hydrogen-bond acceptors (Lipinski definition) is 0. The zero-order chi connectivity index (χ0) is 21.8. The predicted molar refractivity (Wildman–Crippen MR) is 140 cm³/mol. The van der Waals surface area contributed by atoms with Crippen molar-refractivity contribution >= 4 is 43.1 Å². The van der Waals surface area contributed by atoms with Crippen LogP contribution in [0.5, 0.6) is 0 Å². The van der Waals surface area contributed by atoms with Gasteiger partial charge in [0.2, 0.25) is 0 Å². The highest BCUT2D eigenvalue weighted by Crippen LogP contribution is 2.31. The first-order valence-electron chi connectivity index (χ1n) is 11.4. The van der Waals surface area contributed by atoms with E-state index in [1.54, 1.807) is 0 Å². The van der Waals surface area contributed by atoms with E-state index in [9.17, 15) is 0 Å². The molecule has 0 atom stereocenters. The lowest BCUT2D eigenvalue weighted by atomic mass is 9.92. The largest absolute Gasteiger partial charge is 0.0614 e. The van der Waals surface area contributed by atoms with E-state index < -0.39 is 0 Å². The Kier molecular flexibility index (Phi) is 4.30. The minimum Gasteiger partial charge on any atom is -0.0614 e. The molecule has 0 saturated heterocycles. The molecule has 0 aromatic heterocycles. The molecule has 0 radical (unpaired) electrons. The third kappa shape index (κ3) is 3.07. The molecule has 154 valence electrons. The molecular weight excluding hydrogens is 384 g/mol. The van der Waals surface area contributed by atoms with Gasteiger partial charge in [-0.25, -0.2) is 0 Å². The van der Waals surface area contributed by atoms with Crippen LogP contribution in [-0.4, -0.2) is 0 Å². The van der Waals surface area contributed by atoms with Crippen molar-refractivity contribution in [3.8, 4) is 0 Å². The van der Waals surface area contributed by atoms with Crippen LogP contribution in [-0.2, 0) is 6.42 Å². The first-order chi connectivity index (χ1) is 15.6. The Bertz CT molecular complexity index is 1670. The SMILES string of the molecule is Cc1ccc2c(ccc3cc(Cc4ccc5cc6c(C)cccc6cc5c4C)ccc32)c1. The topological polar surface area (TPSA) is 0 Å². The van der Waals surface area contributed by atoms with Gasteiger partial charge in [0, 0.05) is 0 Å². The zero-order valence-electron chi connectivity index (χ0n) is 18.9. The van der Waals surface area contributed by atoms with E-state index in [0.29, 0.717) is 0 Å². The van der Waals surface area contributed by atoms with Crippen molar-refractivity contribution in [2.75, 3.05) is 0 Å². The average Bonchev–Trinajstić information content (AvgIpc) is 2.80. The Balaban J connectivity index is 1.43. The van der Waals surface area contributed by atoms with Crippen LogP contribution in [0.1, 0.15) is 27.8 Å². The molecular formula is C32H26. The Hall–Kier alpha value is -3.64. The summed E-state index contributed by atoms with van der Waals surface area (Å²) in [6.45, 7) is 6.62. The smallest absolute Gasteiger partial charge is 0.00227 e. The molecule has 0 unspecified atom stereocenters. The maximum absolute atomic E-state index is 2.37. The standard InChI is InChI=1S/C32H26/c1-20-7-13-29-26(15-20)11-12-27-17-23(8-14-30(27)29)16-24-9-10-28-18-31-21(2)5-4-6-25(31)19-32(28)22(24)3/h4-15,17-19H,16H2,1-3H3. The fraction of sp³-hybridized carbons (Fsp3) is 0.125. The van der Waals surface area contributed by atoms with E-state index in [-0.39, 0.29) is 0 Å². The van der Waals surface area contributed by atoms with Gasteiger partial charge < -0.3 is 0 Å². The first-order valence-corrected chi connectivity index (χ1v) is 11.4. The van der Waals surface area contributed by atoms with Gasteiger partial charge in [-0.15, -0.1) is 0 Å². The van der Waals surface area contributed by atoms with Gasteiger partial charge >= 0.3 is 0 Å². The van der Waals surface area contributed by atoms with E-state index in [0.717, 1.165) is 6.42 Å². The first kappa shape index (κ1) is 19.1. The summed E-state index contributed by atoms with van der Waals surface area (Å²) in [6, 6.07) is 34.1. The summed E-state index contributed by atoms with van der Waals surface area (Å²) in [6.07, 6.45) is 0.954. The van der Waals surface area contributed by atoms with Gasteiger partial charge in [-0.3, -0.25) is 0 Å². The fourth-order valence-electron chi connectivity index (χ4n) is 5.21. The molecule has 6 rings (SSSR count). The second-order valence-electron chi connectivity index (χ2n) is 9.24. The average molecular weight is 411 g/mol. The molecule has 0 amide bonds. The van der Waals surface area contributed by atoms with Crippen LogP contribution in [0, 0.1) is 20.8 Å². The highest BCUT2D eigenvalue weighted by molar-refractivity contribution is 6.07. The molecule has 6 aromatic rings. The molecule has 0 fully saturated rings. The van der Waals surface area contributed by atoms with Gasteiger partial charge in [0.15, 0.2) is 0 Å². The maximum atomic E-state index is 2.37. The molecule has 0 heteroatoms. The summed E-state index contributed by atoms with van der Waals surface area (Å²) in [7, 11) is 0. The van der Waals surface area contributed by atoms with Gasteiger partial charge in [-0.2, -0.15) is 0 Å². The van der Waals surface area contributed by atoms with Crippen LogP contribution in [0.3, 0.4) is 0 Å². The van der Waals surface area contributed by atoms with Crippen molar-refractivity contribution in [3.05, 3.63) is 119 Å². The van der Waals surface area contributed by atoms with Gasteiger partial charge in [0.25, 0.3) is 0 Å². The van der Waals surface area contributed by atoms with Crippen molar-refractivity contribution in [3.63, 3.8) is 0 Å². The Morgan fingerprint density at radius 2 is 1.16 bits per heavy atom. The van der Waals surface area contributed by atoms with Crippen LogP contribution in [0.25, 0.3) is 43.1 Å². The van der Waals surface area contributed by atoms with Crippen LogP contribution in [0.4, 0.5) is 0 Å². The van der Waals surface area contributed by atoms with Crippen LogP contribution >= 0.6 is 0 Å². The van der Waals surface area contributed by atoms with Crippen molar-refractivity contribution in [2.24, 2.45) is 0 Å². The molecule has 0 nitrogen and oxygen atoms in total. The highest BCUT2D eigenvalue weighted by atomic mass is 14.1. The van der Waals surface area contributed by atoms with Crippen molar-refractivity contribution < 1.29 is 0 Å². The Morgan fingerprint density at radius 3 is 2.00 bits per heavy atom. The molecule has 0 bridgehead atoms. The molecule has 0 N–H and O–H groups in total. The number of aryl methyl sites for hydroxylation is 3. The monoisotopic (exact) mass is 410 g/mol. The summed E-state index contributed by atoms with van der Waals surface area (Å²) < 4.78 is 0. The number of rotatable bonds is 2. The molecule has 6 aromatic carbocycles. The van der Waals surface area contributed by atoms with Gasteiger partial charge in [-0.05, 0) is 105 Å². The molecule has 0 aliphatic heterocycles. The lowest BCUT2D eigenvalue weighted by molar-refractivity contribution is 1.17. The van der Waals surface area contributed by atoms with E-state index >= 15 is 0 Å². The summed E-state index contributed by atoms with van der Waals surface area (Å²) in [5, 5.41) is 10.7. The van der Waals surface area contributed by atoms with Crippen LogP contribution in [0.2, 0.25) is 0 Å². The number of fused-ring (bicyclic) bond motifs is 5. The molecule has 0 aliphatic rings. The molecule has 0 heterocycles. The molecule has 0 saturated carbocycles. The second-order valence-corrected chi connectivity index (χ2v) is 9.24. The van der Waals surface area contributed by atoms with Crippen molar-refractivity contribution in [2.45, 2.75) is 27.2 Å². The molecule has 0 spiro atoms. The summed E-state index contributed by atoms with van der Waals surface area (Å²) in [4.78, 5) is 0. The number of hydrogen-bond donors (Lipinski definition) is 0. The van der Waals surface area contributed by atoms with Crippen LogP contribution < -0.4 is 0 Å². The predicted octanol–water partition coefficient (Wildman–Crippen LogP) is 8.82. The van der Waals surface area contributed by atoms with Crippen molar-refractivity contribution in [1.82, 2.24) is 0 Å². The van der Waals surface area contributed by atoms with Gasteiger partial charge in [0.05, 0.1) is 0 Å². The summed E-state index contributed by atoms with van der Waals surface area (Å²) >= 11 is 0. The van der Waals surface area contributed by atoms with Gasteiger partial charge in [0.1, 0.15) is 0 Å². The molecule has 0 aliphatic carbocycles. The summed E-state index contributed by atoms with van der Waals surface area (Å²) in [5.41, 5.74) is 6.80. The van der Waals surface area contributed by atoms with E-state index in [1.165, 1.54) is 70.9 Å². The zero-order valence-corrected chi connectivity index (χ0v) is 18.9. The lowest BCUT2D eigenvalue weighted by Crippen LogP contribution is -1.94. The minimum atomic E-state index is 0.954. The maximum Gasteiger partial charge on any atom is -0.00227 e. The minimum absolute atomic E-state index is 0.954.